The summed E-state index contributed by atoms with van der Waals surface area (Å²) < 4.78 is 10.9. The summed E-state index contributed by atoms with van der Waals surface area (Å²) >= 11 is 0. The van der Waals surface area contributed by atoms with Gasteiger partial charge in [-0.2, -0.15) is 0 Å². The molecule has 2 amide bonds. The van der Waals surface area contributed by atoms with Crippen molar-refractivity contribution < 1.29 is 19.1 Å². The second-order valence-electron chi connectivity index (χ2n) is 7.83. The lowest BCUT2D eigenvalue weighted by molar-refractivity contribution is -0.131. The van der Waals surface area contributed by atoms with Gasteiger partial charge < -0.3 is 19.7 Å². The first-order valence-electron chi connectivity index (χ1n) is 10.5. The topological polar surface area (TPSA) is 67.9 Å². The third kappa shape index (κ3) is 4.49. The summed E-state index contributed by atoms with van der Waals surface area (Å²) in [5.41, 5.74) is 0.811. The van der Waals surface area contributed by atoms with Crippen molar-refractivity contribution in [3.05, 3.63) is 23.8 Å². The molecule has 0 bridgehead atoms. The van der Waals surface area contributed by atoms with Crippen LogP contribution in [0.3, 0.4) is 0 Å². The molecule has 6 nitrogen and oxygen atoms in total. The molecule has 1 saturated heterocycles. The van der Waals surface area contributed by atoms with Crippen molar-refractivity contribution in [2.75, 3.05) is 38.7 Å². The van der Waals surface area contributed by atoms with Crippen molar-refractivity contribution in [3.63, 3.8) is 0 Å². The van der Waals surface area contributed by atoms with Crippen molar-refractivity contribution in [1.82, 2.24) is 4.90 Å². The zero-order valence-electron chi connectivity index (χ0n) is 17.1. The Morgan fingerprint density at radius 1 is 1.14 bits per heavy atom. The minimum Gasteiger partial charge on any atom is -0.492 e. The van der Waals surface area contributed by atoms with Crippen molar-refractivity contribution >= 4 is 17.5 Å². The van der Waals surface area contributed by atoms with E-state index in [1.54, 1.807) is 25.3 Å². The lowest BCUT2D eigenvalue weighted by Crippen LogP contribution is -2.43. The number of benzene rings is 1. The van der Waals surface area contributed by atoms with E-state index in [9.17, 15) is 9.59 Å². The Balaban J connectivity index is 1.79. The van der Waals surface area contributed by atoms with Crippen LogP contribution in [-0.2, 0) is 9.53 Å². The van der Waals surface area contributed by atoms with Crippen LogP contribution in [-0.4, -0.2) is 50.1 Å². The molecule has 1 saturated carbocycles. The van der Waals surface area contributed by atoms with Gasteiger partial charge in [0.05, 0.1) is 17.7 Å². The number of amides is 2. The largest absolute Gasteiger partial charge is 0.492 e. The van der Waals surface area contributed by atoms with Gasteiger partial charge in [0.25, 0.3) is 5.91 Å². The number of nitrogens with zero attached hydrogens (tertiary/aromatic N) is 1. The Labute approximate surface area is 167 Å². The summed E-state index contributed by atoms with van der Waals surface area (Å²) in [6, 6.07) is 5.35. The summed E-state index contributed by atoms with van der Waals surface area (Å²) in [4.78, 5) is 27.8. The fourth-order valence-corrected chi connectivity index (χ4v) is 4.07. The van der Waals surface area contributed by atoms with E-state index in [0.717, 1.165) is 45.2 Å². The van der Waals surface area contributed by atoms with Crippen LogP contribution in [0.4, 0.5) is 5.69 Å². The Hall–Kier alpha value is -2.08. The van der Waals surface area contributed by atoms with Gasteiger partial charge in [-0.05, 0) is 63.6 Å². The van der Waals surface area contributed by atoms with Crippen molar-refractivity contribution in [3.8, 4) is 5.75 Å². The van der Waals surface area contributed by atoms with E-state index in [2.05, 4.69) is 5.32 Å². The number of hydrogen-bond donors (Lipinski definition) is 1. The molecule has 1 aliphatic carbocycles. The molecule has 154 valence electrons. The second-order valence-corrected chi connectivity index (χ2v) is 7.83. The van der Waals surface area contributed by atoms with Gasteiger partial charge in [0.1, 0.15) is 5.75 Å². The van der Waals surface area contributed by atoms with Crippen LogP contribution in [0, 0.1) is 5.41 Å². The number of piperidine rings is 1. The lowest BCUT2D eigenvalue weighted by atomic mass is 9.66. The normalized spacial score (nSPS) is 18.3. The molecule has 0 atom stereocenters. The van der Waals surface area contributed by atoms with Crippen LogP contribution in [0.5, 0.6) is 5.75 Å². The molecular formula is C22H32N2O4. The zero-order valence-corrected chi connectivity index (χ0v) is 17.1. The summed E-state index contributed by atoms with van der Waals surface area (Å²) in [5.74, 6) is 0.627. The number of likely N-dealkylation sites (tertiary alicyclic amines) is 1. The van der Waals surface area contributed by atoms with E-state index in [1.165, 1.54) is 6.42 Å². The minimum atomic E-state index is -0.369. The van der Waals surface area contributed by atoms with Gasteiger partial charge in [-0.15, -0.1) is 0 Å². The highest BCUT2D eigenvalue weighted by Gasteiger charge is 2.43. The Morgan fingerprint density at radius 2 is 1.89 bits per heavy atom. The molecule has 0 spiro atoms. The molecule has 1 heterocycles. The Kier molecular flexibility index (Phi) is 6.94. The van der Waals surface area contributed by atoms with Crippen molar-refractivity contribution in [1.29, 1.82) is 0 Å². The van der Waals surface area contributed by atoms with E-state index < -0.39 is 0 Å². The van der Waals surface area contributed by atoms with Crippen LogP contribution in [0.25, 0.3) is 0 Å². The van der Waals surface area contributed by atoms with Crippen LogP contribution in [0.1, 0.15) is 62.2 Å². The molecular weight excluding hydrogens is 356 g/mol. The van der Waals surface area contributed by atoms with Crippen molar-refractivity contribution in [2.45, 2.75) is 51.9 Å². The number of hydrogen-bond acceptors (Lipinski definition) is 4. The maximum atomic E-state index is 13.0. The molecule has 28 heavy (non-hydrogen) atoms. The van der Waals surface area contributed by atoms with Crippen LogP contribution < -0.4 is 10.1 Å². The van der Waals surface area contributed by atoms with Gasteiger partial charge in [-0.25, -0.2) is 0 Å². The van der Waals surface area contributed by atoms with Crippen LogP contribution in [0.2, 0.25) is 0 Å². The highest BCUT2D eigenvalue weighted by atomic mass is 16.5. The van der Waals surface area contributed by atoms with E-state index in [1.807, 2.05) is 11.8 Å². The molecule has 1 aromatic rings. The third-order valence-corrected chi connectivity index (χ3v) is 5.99. The number of anilines is 1. The monoisotopic (exact) mass is 388 g/mol. The quantitative estimate of drug-likeness (QED) is 0.734. The maximum Gasteiger partial charge on any atom is 0.253 e. The lowest BCUT2D eigenvalue weighted by Gasteiger charge is -2.40. The van der Waals surface area contributed by atoms with Crippen molar-refractivity contribution in [2.24, 2.45) is 5.41 Å². The van der Waals surface area contributed by atoms with Crippen LogP contribution >= 0.6 is 0 Å². The first-order valence-corrected chi connectivity index (χ1v) is 10.5. The van der Waals surface area contributed by atoms with Gasteiger partial charge in [0.15, 0.2) is 0 Å². The van der Waals surface area contributed by atoms with Gasteiger partial charge in [0.2, 0.25) is 5.91 Å². The zero-order chi connectivity index (χ0) is 20.0. The van der Waals surface area contributed by atoms with Crippen LogP contribution in [0.15, 0.2) is 18.2 Å². The van der Waals surface area contributed by atoms with E-state index in [4.69, 9.17) is 9.47 Å². The smallest absolute Gasteiger partial charge is 0.253 e. The number of nitrogens with one attached hydrogen (secondary N) is 1. The SMILES string of the molecule is CCOc1ccc(C(=O)N2CCCCC2)cc1NC(=O)C1(CCOC)CCC1. The van der Waals surface area contributed by atoms with Gasteiger partial charge in [0, 0.05) is 32.4 Å². The first kappa shape index (κ1) is 20.6. The Morgan fingerprint density at radius 3 is 2.50 bits per heavy atom. The first-order chi connectivity index (χ1) is 13.6. The number of methoxy groups -OCH3 is 1. The molecule has 2 aliphatic rings. The molecule has 0 aromatic heterocycles. The molecule has 6 heteroatoms. The van der Waals surface area contributed by atoms with Gasteiger partial charge in [-0.1, -0.05) is 6.42 Å². The number of carbonyl (C=O) groups is 2. The summed E-state index contributed by atoms with van der Waals surface area (Å²) in [6.45, 7) is 4.57. The molecule has 0 radical (unpaired) electrons. The average Bonchev–Trinajstić information content (AvgIpc) is 2.69. The third-order valence-electron chi connectivity index (χ3n) is 5.99. The fourth-order valence-electron chi connectivity index (χ4n) is 4.07. The van der Waals surface area contributed by atoms with E-state index in [-0.39, 0.29) is 17.2 Å². The standard InChI is InChI=1S/C22H32N2O4/c1-3-28-19-9-8-17(20(25)24-13-5-4-6-14-24)16-18(19)23-21(26)22(10-7-11-22)12-15-27-2/h8-9,16H,3-7,10-15H2,1-2H3,(H,23,26). The number of carbonyl (C=O) groups excluding carboxylic acids is 2. The average molecular weight is 389 g/mol. The number of rotatable bonds is 8. The van der Waals surface area contributed by atoms with Gasteiger partial charge in [-0.3, -0.25) is 9.59 Å². The second kappa shape index (κ2) is 9.41. The molecule has 1 N–H and O–H groups in total. The molecule has 3 rings (SSSR count). The molecule has 0 unspecified atom stereocenters. The summed E-state index contributed by atoms with van der Waals surface area (Å²) in [7, 11) is 1.66. The molecule has 1 aliphatic heterocycles. The minimum absolute atomic E-state index is 0.000625. The predicted octanol–water partition coefficient (Wildman–Crippen LogP) is 3.86. The molecule has 2 fully saturated rings. The fraction of sp³-hybridized carbons (Fsp3) is 0.636. The summed E-state index contributed by atoms with van der Waals surface area (Å²) in [5, 5.41) is 3.05. The highest BCUT2D eigenvalue weighted by Crippen LogP contribution is 2.45. The summed E-state index contributed by atoms with van der Waals surface area (Å²) in [6.07, 6.45) is 6.80. The highest BCUT2D eigenvalue weighted by molar-refractivity contribution is 6.00. The predicted molar refractivity (Wildman–Crippen MR) is 109 cm³/mol. The van der Waals surface area contributed by atoms with Gasteiger partial charge >= 0.3 is 0 Å². The number of ether oxygens (including phenoxy) is 2. The maximum absolute atomic E-state index is 13.0. The molecule has 1 aromatic carbocycles. The Bertz CT molecular complexity index is 694. The van der Waals surface area contributed by atoms with E-state index in [0.29, 0.717) is 36.6 Å². The van der Waals surface area contributed by atoms with E-state index >= 15 is 0 Å².